The van der Waals surface area contributed by atoms with E-state index in [1.807, 2.05) is 6.92 Å². The molecule has 0 bridgehead atoms. The van der Waals surface area contributed by atoms with E-state index in [2.05, 4.69) is 11.8 Å². The molecule has 0 aromatic carbocycles. The summed E-state index contributed by atoms with van der Waals surface area (Å²) in [6.07, 6.45) is 1.97. The number of carbonyl (C=O) groups is 1. The van der Waals surface area contributed by atoms with Crippen LogP contribution < -0.4 is 0 Å². The minimum absolute atomic E-state index is 0.593. The van der Waals surface area contributed by atoms with E-state index in [0.29, 0.717) is 19.3 Å². The fraction of sp³-hybridized carbons (Fsp3) is 0.700. The van der Waals surface area contributed by atoms with Crippen molar-refractivity contribution in [3.05, 3.63) is 0 Å². The molecule has 1 N–H and O–H groups in total. The molecule has 0 saturated heterocycles. The van der Waals surface area contributed by atoms with Crippen LogP contribution in [0.3, 0.4) is 0 Å². The number of hydrogen-bond acceptors (Lipinski definition) is 1. The van der Waals surface area contributed by atoms with Crippen molar-refractivity contribution >= 4 is 5.97 Å². The summed E-state index contributed by atoms with van der Waals surface area (Å²) >= 11 is 0. The summed E-state index contributed by atoms with van der Waals surface area (Å²) in [6.45, 7) is 5.43. The first kappa shape index (κ1) is 11.0. The first-order valence-electron chi connectivity index (χ1n) is 4.20. The van der Waals surface area contributed by atoms with E-state index in [9.17, 15) is 4.79 Å². The highest BCUT2D eigenvalue weighted by molar-refractivity contribution is 5.73. The van der Waals surface area contributed by atoms with Crippen LogP contribution in [0.25, 0.3) is 0 Å². The van der Waals surface area contributed by atoms with Gasteiger partial charge in [-0.3, -0.25) is 4.79 Å². The average molecular weight is 168 g/mol. The van der Waals surface area contributed by atoms with Gasteiger partial charge in [0.25, 0.3) is 0 Å². The minimum atomic E-state index is -0.720. The topological polar surface area (TPSA) is 37.3 Å². The maximum atomic E-state index is 10.8. The zero-order chi connectivity index (χ0) is 9.61. The van der Waals surface area contributed by atoms with E-state index < -0.39 is 11.4 Å². The normalized spacial score (nSPS) is 14.2. The molecule has 1 atom stereocenters. The molecule has 0 amide bonds. The van der Waals surface area contributed by atoms with Gasteiger partial charge in [-0.2, -0.15) is 0 Å². The Morgan fingerprint density at radius 1 is 1.58 bits per heavy atom. The Kier molecular flexibility index (Phi) is 4.43. The second-order valence-electron chi connectivity index (χ2n) is 3.15. The van der Waals surface area contributed by atoms with Crippen molar-refractivity contribution in [3.63, 3.8) is 0 Å². The summed E-state index contributed by atoms with van der Waals surface area (Å²) in [5, 5.41) is 8.88. The molecular formula is C10H16O2. The Balaban J connectivity index is 4.12. The zero-order valence-electron chi connectivity index (χ0n) is 7.98. The van der Waals surface area contributed by atoms with Crippen LogP contribution in [0.15, 0.2) is 0 Å². The van der Waals surface area contributed by atoms with Gasteiger partial charge in [0, 0.05) is 6.42 Å². The number of carboxylic acids is 1. The Morgan fingerprint density at radius 2 is 2.17 bits per heavy atom. The fourth-order valence-corrected chi connectivity index (χ4v) is 0.898. The second kappa shape index (κ2) is 4.82. The van der Waals surface area contributed by atoms with Crippen LogP contribution in [0.2, 0.25) is 0 Å². The van der Waals surface area contributed by atoms with Crippen molar-refractivity contribution in [2.24, 2.45) is 5.41 Å². The molecular weight excluding hydrogens is 152 g/mol. The van der Waals surface area contributed by atoms with Crippen LogP contribution in [0, 0.1) is 17.3 Å². The molecule has 0 radical (unpaired) electrons. The fourth-order valence-electron chi connectivity index (χ4n) is 0.898. The van der Waals surface area contributed by atoms with Gasteiger partial charge in [-0.05, 0) is 26.7 Å². The van der Waals surface area contributed by atoms with Crippen molar-refractivity contribution in [2.45, 2.75) is 40.0 Å². The molecule has 0 rings (SSSR count). The molecule has 2 nitrogen and oxygen atoms in total. The van der Waals surface area contributed by atoms with E-state index in [1.165, 1.54) is 0 Å². The second-order valence-corrected chi connectivity index (χ2v) is 3.15. The summed E-state index contributed by atoms with van der Waals surface area (Å²) in [5.41, 5.74) is -0.593. The maximum absolute atomic E-state index is 10.8. The summed E-state index contributed by atoms with van der Waals surface area (Å²) in [5.74, 6) is 4.92. The van der Waals surface area contributed by atoms with E-state index in [4.69, 9.17) is 5.11 Å². The van der Waals surface area contributed by atoms with Gasteiger partial charge in [0.2, 0.25) is 0 Å². The van der Waals surface area contributed by atoms with Gasteiger partial charge in [-0.25, -0.2) is 0 Å². The van der Waals surface area contributed by atoms with Gasteiger partial charge in [0.05, 0.1) is 5.41 Å². The molecule has 68 valence electrons. The van der Waals surface area contributed by atoms with Crippen molar-refractivity contribution < 1.29 is 9.90 Å². The predicted octanol–water partition coefficient (Wildman–Crippen LogP) is 2.29. The quantitative estimate of drug-likeness (QED) is 0.654. The van der Waals surface area contributed by atoms with Crippen LogP contribution >= 0.6 is 0 Å². The molecule has 0 aliphatic rings. The standard InChI is InChI=1S/C10H16O2/c1-4-6-7-8-10(3,5-2)9(11)12/h5,7-8H2,1-3H3,(H,11,12). The number of hydrogen-bond donors (Lipinski definition) is 1. The third kappa shape index (κ3) is 2.96. The molecule has 1 unspecified atom stereocenters. The maximum Gasteiger partial charge on any atom is 0.309 e. The third-order valence-electron chi connectivity index (χ3n) is 2.28. The third-order valence-corrected chi connectivity index (χ3v) is 2.28. The molecule has 0 saturated carbocycles. The van der Waals surface area contributed by atoms with E-state index in [1.54, 1.807) is 13.8 Å². The highest BCUT2D eigenvalue weighted by Gasteiger charge is 2.29. The summed E-state index contributed by atoms with van der Waals surface area (Å²) in [7, 11) is 0. The Morgan fingerprint density at radius 3 is 2.50 bits per heavy atom. The molecule has 0 aliphatic carbocycles. The van der Waals surface area contributed by atoms with Crippen LogP contribution in [0.1, 0.15) is 40.0 Å². The number of aliphatic carboxylic acids is 1. The predicted molar refractivity (Wildman–Crippen MR) is 48.7 cm³/mol. The van der Waals surface area contributed by atoms with Crippen LogP contribution in [-0.2, 0) is 4.79 Å². The van der Waals surface area contributed by atoms with Crippen LogP contribution in [0.4, 0.5) is 0 Å². The average Bonchev–Trinajstić information content (AvgIpc) is 2.04. The Bertz CT molecular complexity index is 210. The van der Waals surface area contributed by atoms with Gasteiger partial charge in [0.15, 0.2) is 0 Å². The summed E-state index contributed by atoms with van der Waals surface area (Å²) in [4.78, 5) is 10.8. The molecule has 0 heterocycles. The van der Waals surface area contributed by atoms with Gasteiger partial charge in [-0.15, -0.1) is 11.8 Å². The van der Waals surface area contributed by atoms with Crippen LogP contribution in [-0.4, -0.2) is 11.1 Å². The Labute approximate surface area is 74.0 Å². The van der Waals surface area contributed by atoms with E-state index >= 15 is 0 Å². The SMILES string of the molecule is CC#CCCC(C)(CC)C(=O)O. The van der Waals surface area contributed by atoms with E-state index in [-0.39, 0.29) is 0 Å². The highest BCUT2D eigenvalue weighted by atomic mass is 16.4. The molecule has 0 spiro atoms. The van der Waals surface area contributed by atoms with Gasteiger partial charge < -0.3 is 5.11 Å². The van der Waals surface area contributed by atoms with Crippen LogP contribution in [0.5, 0.6) is 0 Å². The first-order chi connectivity index (χ1) is 5.56. The van der Waals surface area contributed by atoms with E-state index in [0.717, 1.165) is 0 Å². The highest BCUT2D eigenvalue weighted by Crippen LogP contribution is 2.27. The van der Waals surface area contributed by atoms with Gasteiger partial charge >= 0.3 is 5.97 Å². The van der Waals surface area contributed by atoms with Gasteiger partial charge in [0.1, 0.15) is 0 Å². The lowest BCUT2D eigenvalue weighted by atomic mass is 9.83. The lowest BCUT2D eigenvalue weighted by molar-refractivity contribution is -0.148. The smallest absolute Gasteiger partial charge is 0.309 e. The Hall–Kier alpha value is -0.970. The largest absolute Gasteiger partial charge is 0.481 e. The molecule has 0 aromatic rings. The monoisotopic (exact) mass is 168 g/mol. The van der Waals surface area contributed by atoms with Crippen molar-refractivity contribution in [1.29, 1.82) is 0 Å². The molecule has 0 aromatic heterocycles. The lowest BCUT2D eigenvalue weighted by Gasteiger charge is -2.21. The van der Waals surface area contributed by atoms with Crippen molar-refractivity contribution in [2.75, 3.05) is 0 Å². The molecule has 2 heteroatoms. The first-order valence-corrected chi connectivity index (χ1v) is 4.20. The van der Waals surface area contributed by atoms with Crippen molar-refractivity contribution in [3.8, 4) is 11.8 Å². The summed E-state index contributed by atoms with van der Waals surface area (Å²) in [6, 6.07) is 0. The molecule has 12 heavy (non-hydrogen) atoms. The van der Waals surface area contributed by atoms with Crippen molar-refractivity contribution in [1.82, 2.24) is 0 Å². The van der Waals surface area contributed by atoms with Gasteiger partial charge in [-0.1, -0.05) is 6.92 Å². The zero-order valence-corrected chi connectivity index (χ0v) is 7.98. The molecule has 0 aliphatic heterocycles. The molecule has 0 fully saturated rings. The summed E-state index contributed by atoms with van der Waals surface area (Å²) < 4.78 is 0. The lowest BCUT2D eigenvalue weighted by Crippen LogP contribution is -2.26. The minimum Gasteiger partial charge on any atom is -0.481 e. The number of rotatable bonds is 4. The number of carboxylic acid groups (broad SMARTS) is 1.